The van der Waals surface area contributed by atoms with E-state index in [1.165, 1.54) is 6.07 Å². The van der Waals surface area contributed by atoms with E-state index in [4.69, 9.17) is 4.52 Å². The van der Waals surface area contributed by atoms with Crippen molar-refractivity contribution in [2.24, 2.45) is 0 Å². The summed E-state index contributed by atoms with van der Waals surface area (Å²) in [4.78, 5) is 26.0. The lowest BCUT2D eigenvalue weighted by atomic mass is 10.1. The van der Waals surface area contributed by atoms with Gasteiger partial charge in [0.15, 0.2) is 5.82 Å². The zero-order valence-corrected chi connectivity index (χ0v) is 17.1. The van der Waals surface area contributed by atoms with Crippen LogP contribution in [-0.4, -0.2) is 42.1 Å². The van der Waals surface area contributed by atoms with E-state index in [0.717, 1.165) is 23.9 Å². The molecule has 2 aromatic rings. The lowest BCUT2D eigenvalue weighted by Crippen LogP contribution is -2.25. The predicted octanol–water partition coefficient (Wildman–Crippen LogP) is 3.77. The Morgan fingerprint density at radius 2 is 1.93 bits per heavy atom. The number of rotatable bonds is 7. The van der Waals surface area contributed by atoms with E-state index in [-0.39, 0.29) is 23.2 Å². The molecule has 0 aliphatic rings. The number of aromatic nitrogens is 1. The highest BCUT2D eigenvalue weighted by molar-refractivity contribution is 8.01. The second-order valence-corrected chi connectivity index (χ2v) is 7.77. The van der Waals surface area contributed by atoms with Crippen molar-refractivity contribution in [3.63, 3.8) is 0 Å². The summed E-state index contributed by atoms with van der Waals surface area (Å²) < 4.78 is 43.8. The molecule has 0 bridgehead atoms. The van der Waals surface area contributed by atoms with Gasteiger partial charge in [-0.05, 0) is 32.0 Å². The number of carbonyl (C=O) groups excluding carboxylic acids is 2. The van der Waals surface area contributed by atoms with Gasteiger partial charge in [0, 0.05) is 20.2 Å². The number of alkyl halides is 3. The van der Waals surface area contributed by atoms with Crippen LogP contribution in [-0.2, 0) is 15.8 Å². The van der Waals surface area contributed by atoms with Crippen LogP contribution in [0.4, 0.5) is 30.4 Å². The zero-order valence-electron chi connectivity index (χ0n) is 16.3. The molecule has 2 rings (SSSR count). The summed E-state index contributed by atoms with van der Waals surface area (Å²) in [6.07, 6.45) is -4.52. The Balaban J connectivity index is 1.98. The molecule has 1 atom stereocenters. The average Bonchev–Trinajstić information content (AvgIpc) is 3.03. The van der Waals surface area contributed by atoms with E-state index in [1.54, 1.807) is 38.9 Å². The molecule has 0 saturated carbocycles. The van der Waals surface area contributed by atoms with Gasteiger partial charge in [-0.1, -0.05) is 5.16 Å². The number of thioether (sulfide) groups is 1. The maximum absolute atomic E-state index is 13.0. The van der Waals surface area contributed by atoms with Crippen molar-refractivity contribution in [3.8, 4) is 0 Å². The molecule has 1 unspecified atom stereocenters. The molecular formula is C18H21F3N4O3S. The molecule has 0 aliphatic carbocycles. The topological polar surface area (TPSA) is 87.5 Å². The van der Waals surface area contributed by atoms with Gasteiger partial charge in [-0.2, -0.15) is 13.2 Å². The standard InChI is InChI=1S/C18H21F3N4O3S/c1-10-7-15(24-28-10)23-17(27)11(2)29-9-16(26)22-13-8-12(18(19,20)21)5-6-14(13)25(3)4/h5-8,11H,9H2,1-4H3,(H,22,26)(H,23,24,27). The van der Waals surface area contributed by atoms with Gasteiger partial charge in [0.05, 0.1) is 27.9 Å². The molecule has 11 heteroatoms. The predicted molar refractivity (Wildman–Crippen MR) is 106 cm³/mol. The third-order valence-electron chi connectivity index (χ3n) is 3.79. The van der Waals surface area contributed by atoms with Crippen molar-refractivity contribution >= 4 is 40.8 Å². The summed E-state index contributed by atoms with van der Waals surface area (Å²) in [7, 11) is 3.32. The zero-order chi connectivity index (χ0) is 21.8. The molecule has 0 aliphatic heterocycles. The minimum absolute atomic E-state index is 0.0469. The number of hydrogen-bond donors (Lipinski definition) is 2. The highest BCUT2D eigenvalue weighted by atomic mass is 32.2. The van der Waals surface area contributed by atoms with Crippen LogP contribution < -0.4 is 15.5 Å². The van der Waals surface area contributed by atoms with Gasteiger partial charge in [-0.25, -0.2) is 0 Å². The Morgan fingerprint density at radius 3 is 2.48 bits per heavy atom. The largest absolute Gasteiger partial charge is 0.416 e. The SMILES string of the molecule is Cc1cc(NC(=O)C(C)SCC(=O)Nc2cc(C(F)(F)F)ccc2N(C)C)no1. The van der Waals surface area contributed by atoms with Gasteiger partial charge < -0.3 is 20.1 Å². The molecule has 1 aromatic heterocycles. The first-order chi connectivity index (χ1) is 13.5. The summed E-state index contributed by atoms with van der Waals surface area (Å²) in [5, 5.41) is 8.11. The molecule has 0 radical (unpaired) electrons. The van der Waals surface area contributed by atoms with Gasteiger partial charge in [0.1, 0.15) is 5.76 Å². The number of amides is 2. The second-order valence-electron chi connectivity index (χ2n) is 6.44. The fourth-order valence-corrected chi connectivity index (χ4v) is 3.00. The number of benzene rings is 1. The van der Waals surface area contributed by atoms with Crippen LogP contribution in [0.3, 0.4) is 0 Å². The fraction of sp³-hybridized carbons (Fsp3) is 0.389. The van der Waals surface area contributed by atoms with Gasteiger partial charge in [-0.3, -0.25) is 9.59 Å². The Labute approximate surface area is 170 Å². The summed E-state index contributed by atoms with van der Waals surface area (Å²) in [5.41, 5.74) is -0.379. The Kier molecular flexibility index (Phi) is 7.17. The van der Waals surface area contributed by atoms with Gasteiger partial charge in [-0.15, -0.1) is 11.8 Å². The molecular weight excluding hydrogens is 409 g/mol. The molecule has 0 fully saturated rings. The third-order valence-corrected chi connectivity index (χ3v) is 4.94. The quantitative estimate of drug-likeness (QED) is 0.696. The van der Waals surface area contributed by atoms with Crippen LogP contribution in [0.2, 0.25) is 0 Å². The maximum atomic E-state index is 13.0. The Hall–Kier alpha value is -2.69. The molecule has 2 N–H and O–H groups in total. The first kappa shape index (κ1) is 22.6. The lowest BCUT2D eigenvalue weighted by Gasteiger charge is -2.20. The summed E-state index contributed by atoms with van der Waals surface area (Å²) >= 11 is 1.04. The second kappa shape index (κ2) is 9.21. The molecule has 0 saturated heterocycles. The number of aryl methyl sites for hydroxylation is 1. The van der Waals surface area contributed by atoms with Crippen molar-refractivity contribution in [2.45, 2.75) is 25.3 Å². The highest BCUT2D eigenvalue weighted by Crippen LogP contribution is 2.35. The summed E-state index contributed by atoms with van der Waals surface area (Å²) in [5.74, 6) is -0.199. The number of anilines is 3. The van der Waals surface area contributed by atoms with E-state index in [9.17, 15) is 22.8 Å². The number of halogens is 3. The molecule has 1 heterocycles. The van der Waals surface area contributed by atoms with Crippen molar-refractivity contribution in [1.29, 1.82) is 0 Å². The molecule has 0 spiro atoms. The molecule has 2 amide bonds. The van der Waals surface area contributed by atoms with Crippen LogP contribution in [0.5, 0.6) is 0 Å². The van der Waals surface area contributed by atoms with E-state index in [2.05, 4.69) is 15.8 Å². The van der Waals surface area contributed by atoms with Gasteiger partial charge in [0.2, 0.25) is 11.8 Å². The molecule has 158 valence electrons. The van der Waals surface area contributed by atoms with E-state index in [1.807, 2.05) is 0 Å². The van der Waals surface area contributed by atoms with Crippen LogP contribution in [0.25, 0.3) is 0 Å². The molecule has 1 aromatic carbocycles. The van der Waals surface area contributed by atoms with E-state index < -0.39 is 22.9 Å². The fourth-order valence-electron chi connectivity index (χ4n) is 2.32. The van der Waals surface area contributed by atoms with Crippen molar-refractivity contribution in [1.82, 2.24) is 5.16 Å². The number of nitrogens with one attached hydrogen (secondary N) is 2. The van der Waals surface area contributed by atoms with Crippen molar-refractivity contribution in [3.05, 3.63) is 35.6 Å². The Bertz CT molecular complexity index is 883. The van der Waals surface area contributed by atoms with Crippen molar-refractivity contribution in [2.75, 3.05) is 35.4 Å². The normalized spacial score (nSPS) is 12.4. The molecule has 7 nitrogen and oxygen atoms in total. The lowest BCUT2D eigenvalue weighted by molar-refractivity contribution is -0.137. The third kappa shape index (κ3) is 6.41. The monoisotopic (exact) mass is 430 g/mol. The van der Waals surface area contributed by atoms with E-state index in [0.29, 0.717) is 11.4 Å². The highest BCUT2D eigenvalue weighted by Gasteiger charge is 2.31. The smallest absolute Gasteiger partial charge is 0.376 e. The van der Waals surface area contributed by atoms with Crippen LogP contribution in [0.1, 0.15) is 18.2 Å². The molecule has 29 heavy (non-hydrogen) atoms. The van der Waals surface area contributed by atoms with Gasteiger partial charge >= 0.3 is 6.18 Å². The van der Waals surface area contributed by atoms with Gasteiger partial charge in [0.25, 0.3) is 0 Å². The van der Waals surface area contributed by atoms with Crippen LogP contribution in [0, 0.1) is 6.92 Å². The number of hydrogen-bond acceptors (Lipinski definition) is 6. The van der Waals surface area contributed by atoms with Crippen LogP contribution in [0.15, 0.2) is 28.8 Å². The minimum atomic E-state index is -4.52. The summed E-state index contributed by atoms with van der Waals surface area (Å²) in [6.45, 7) is 3.29. The number of nitrogens with zero attached hydrogens (tertiary/aromatic N) is 2. The number of carbonyl (C=O) groups is 2. The maximum Gasteiger partial charge on any atom is 0.416 e. The summed E-state index contributed by atoms with van der Waals surface area (Å²) in [6, 6.07) is 4.69. The Morgan fingerprint density at radius 1 is 1.24 bits per heavy atom. The van der Waals surface area contributed by atoms with Crippen LogP contribution >= 0.6 is 11.8 Å². The van der Waals surface area contributed by atoms with Crippen molar-refractivity contribution < 1.29 is 27.3 Å². The minimum Gasteiger partial charge on any atom is -0.376 e. The van der Waals surface area contributed by atoms with E-state index >= 15 is 0 Å². The first-order valence-corrected chi connectivity index (χ1v) is 9.56. The average molecular weight is 430 g/mol. The first-order valence-electron chi connectivity index (χ1n) is 8.51.